The summed E-state index contributed by atoms with van der Waals surface area (Å²) in [5, 5.41) is 0. The summed E-state index contributed by atoms with van der Waals surface area (Å²) in [5.74, 6) is -0.155. The molecule has 0 heterocycles. The summed E-state index contributed by atoms with van der Waals surface area (Å²) in [6.45, 7) is 9.41. The third kappa shape index (κ3) is 2.97. The van der Waals surface area contributed by atoms with Crippen molar-refractivity contribution in [2.75, 3.05) is 0 Å². The molecule has 0 aromatic heterocycles. The number of ketones is 1. The minimum Gasteiger partial charge on any atom is -0.334 e. The number of benzene rings is 1. The Kier molecular flexibility index (Phi) is 4.65. The number of carbonyl (C=O) groups excluding carboxylic acids is 2. The monoisotopic (exact) mass is 247 g/mol. The Labute approximate surface area is 109 Å². The topological polar surface area (TPSA) is 37.4 Å². The van der Waals surface area contributed by atoms with Crippen LogP contribution >= 0.6 is 0 Å². The molecule has 0 aliphatic heterocycles. The first-order chi connectivity index (χ1) is 8.36. The molecule has 0 saturated heterocycles. The molecule has 0 aliphatic carbocycles. The van der Waals surface area contributed by atoms with E-state index >= 15 is 0 Å². The molecule has 3 heteroatoms. The minimum atomic E-state index is -0.0780. The van der Waals surface area contributed by atoms with Crippen LogP contribution in [-0.2, 0) is 0 Å². The van der Waals surface area contributed by atoms with Crippen molar-refractivity contribution >= 4 is 11.7 Å². The van der Waals surface area contributed by atoms with Crippen LogP contribution in [0.5, 0.6) is 0 Å². The van der Waals surface area contributed by atoms with Gasteiger partial charge >= 0.3 is 0 Å². The maximum Gasteiger partial charge on any atom is 0.255 e. The lowest BCUT2D eigenvalue weighted by Crippen LogP contribution is -2.42. The van der Waals surface area contributed by atoms with Gasteiger partial charge in [0, 0.05) is 17.6 Å². The molecule has 0 aliphatic rings. The zero-order chi connectivity index (χ0) is 13.9. The average molecular weight is 247 g/mol. The van der Waals surface area contributed by atoms with Gasteiger partial charge in [0.25, 0.3) is 5.91 Å². The van der Waals surface area contributed by atoms with Crippen molar-refractivity contribution in [3.8, 4) is 0 Å². The molecule has 1 amide bonds. The lowest BCUT2D eigenvalue weighted by Gasteiger charge is -2.31. The Morgan fingerprint density at radius 2 is 1.39 bits per heavy atom. The number of nitrogens with zero attached hydrogens (tertiary/aromatic N) is 1. The summed E-state index contributed by atoms with van der Waals surface area (Å²) in [6, 6.07) is 7.21. The molecular weight excluding hydrogens is 226 g/mol. The number of hydrogen-bond acceptors (Lipinski definition) is 2. The molecule has 0 N–H and O–H groups in total. The van der Waals surface area contributed by atoms with Crippen LogP contribution < -0.4 is 0 Å². The highest BCUT2D eigenvalue weighted by atomic mass is 16.2. The van der Waals surface area contributed by atoms with Gasteiger partial charge in [0.15, 0.2) is 5.78 Å². The maximum absolute atomic E-state index is 12.5. The van der Waals surface area contributed by atoms with E-state index in [1.165, 1.54) is 6.92 Å². The van der Waals surface area contributed by atoms with Gasteiger partial charge in [0.05, 0.1) is 5.56 Å². The Balaban J connectivity index is 3.21. The van der Waals surface area contributed by atoms with Crippen molar-refractivity contribution in [3.05, 3.63) is 35.4 Å². The quantitative estimate of drug-likeness (QED) is 0.766. The second-order valence-electron chi connectivity index (χ2n) is 5.00. The van der Waals surface area contributed by atoms with Crippen molar-refractivity contribution in [2.24, 2.45) is 0 Å². The fourth-order valence-electron chi connectivity index (χ4n) is 2.18. The zero-order valence-corrected chi connectivity index (χ0v) is 11.7. The van der Waals surface area contributed by atoms with Crippen LogP contribution in [0, 0.1) is 0 Å². The predicted molar refractivity (Wildman–Crippen MR) is 72.9 cm³/mol. The van der Waals surface area contributed by atoms with Gasteiger partial charge in [-0.05, 0) is 40.7 Å². The Morgan fingerprint density at radius 1 is 0.944 bits per heavy atom. The van der Waals surface area contributed by atoms with Gasteiger partial charge in [0.2, 0.25) is 0 Å². The molecule has 0 saturated carbocycles. The fraction of sp³-hybridized carbons (Fsp3) is 0.467. The first-order valence-electron chi connectivity index (χ1n) is 6.29. The first kappa shape index (κ1) is 14.4. The van der Waals surface area contributed by atoms with E-state index in [9.17, 15) is 9.59 Å². The van der Waals surface area contributed by atoms with Gasteiger partial charge in [-0.25, -0.2) is 0 Å². The highest BCUT2D eigenvalue weighted by molar-refractivity contribution is 6.07. The van der Waals surface area contributed by atoms with E-state index in [0.29, 0.717) is 11.1 Å². The van der Waals surface area contributed by atoms with Crippen LogP contribution in [0.4, 0.5) is 0 Å². The van der Waals surface area contributed by atoms with Crippen LogP contribution in [0.3, 0.4) is 0 Å². The third-order valence-electron chi connectivity index (χ3n) is 2.88. The van der Waals surface area contributed by atoms with Crippen molar-refractivity contribution in [2.45, 2.75) is 46.7 Å². The molecule has 0 atom stereocenters. The molecule has 18 heavy (non-hydrogen) atoms. The number of rotatable bonds is 4. The largest absolute Gasteiger partial charge is 0.334 e. The van der Waals surface area contributed by atoms with E-state index in [1.807, 2.05) is 27.7 Å². The molecule has 1 rings (SSSR count). The van der Waals surface area contributed by atoms with Crippen molar-refractivity contribution in [3.63, 3.8) is 0 Å². The van der Waals surface area contributed by atoms with Crippen LogP contribution in [0.25, 0.3) is 0 Å². The van der Waals surface area contributed by atoms with E-state index in [2.05, 4.69) is 0 Å². The molecular formula is C15H21NO2. The molecule has 1 aromatic carbocycles. The van der Waals surface area contributed by atoms with Crippen molar-refractivity contribution in [1.82, 2.24) is 4.90 Å². The predicted octanol–water partition coefficient (Wildman–Crippen LogP) is 3.15. The number of hydrogen-bond donors (Lipinski definition) is 0. The Bertz CT molecular complexity index is 442. The molecule has 0 fully saturated rings. The molecule has 98 valence electrons. The summed E-state index contributed by atoms with van der Waals surface area (Å²) < 4.78 is 0. The van der Waals surface area contributed by atoms with Crippen LogP contribution in [-0.4, -0.2) is 28.7 Å². The van der Waals surface area contributed by atoms with Crippen molar-refractivity contribution < 1.29 is 9.59 Å². The molecule has 1 aromatic rings. The Hall–Kier alpha value is -1.64. The zero-order valence-electron chi connectivity index (χ0n) is 11.7. The molecule has 0 bridgehead atoms. The standard InChI is InChI=1S/C15H21NO2/c1-10(2)16(11(3)4)15(18)14-9-7-6-8-13(14)12(5)17/h6-11H,1-5H3. The fourth-order valence-corrected chi connectivity index (χ4v) is 2.18. The van der Waals surface area contributed by atoms with Gasteiger partial charge in [-0.15, -0.1) is 0 Å². The lowest BCUT2D eigenvalue weighted by molar-refractivity contribution is 0.0640. The summed E-state index contributed by atoms with van der Waals surface area (Å²) in [4.78, 5) is 25.9. The number of amides is 1. The summed E-state index contributed by atoms with van der Waals surface area (Å²) >= 11 is 0. The first-order valence-corrected chi connectivity index (χ1v) is 6.29. The average Bonchev–Trinajstić information content (AvgIpc) is 2.27. The molecule has 0 spiro atoms. The van der Waals surface area contributed by atoms with E-state index < -0.39 is 0 Å². The van der Waals surface area contributed by atoms with Crippen molar-refractivity contribution in [1.29, 1.82) is 0 Å². The second kappa shape index (κ2) is 5.80. The van der Waals surface area contributed by atoms with Gasteiger partial charge < -0.3 is 4.90 Å². The minimum absolute atomic E-state index is 0.0774. The van der Waals surface area contributed by atoms with Crippen LogP contribution in [0.1, 0.15) is 55.3 Å². The highest BCUT2D eigenvalue weighted by Crippen LogP contribution is 2.16. The molecule has 0 radical (unpaired) electrons. The summed E-state index contributed by atoms with van der Waals surface area (Å²) in [7, 11) is 0. The smallest absolute Gasteiger partial charge is 0.255 e. The van der Waals surface area contributed by atoms with Crippen LogP contribution in [0.15, 0.2) is 24.3 Å². The second-order valence-corrected chi connectivity index (χ2v) is 5.00. The third-order valence-corrected chi connectivity index (χ3v) is 2.88. The maximum atomic E-state index is 12.5. The van der Waals surface area contributed by atoms with Gasteiger partial charge in [0.1, 0.15) is 0 Å². The van der Waals surface area contributed by atoms with Gasteiger partial charge in [-0.3, -0.25) is 9.59 Å². The van der Waals surface area contributed by atoms with Gasteiger partial charge in [-0.2, -0.15) is 0 Å². The summed E-state index contributed by atoms with van der Waals surface area (Å²) in [5.41, 5.74) is 0.987. The summed E-state index contributed by atoms with van der Waals surface area (Å²) in [6.07, 6.45) is 0. The number of carbonyl (C=O) groups is 2. The van der Waals surface area contributed by atoms with Gasteiger partial charge in [-0.1, -0.05) is 18.2 Å². The van der Waals surface area contributed by atoms with E-state index in [0.717, 1.165) is 0 Å². The Morgan fingerprint density at radius 3 is 1.78 bits per heavy atom. The van der Waals surface area contributed by atoms with E-state index in [4.69, 9.17) is 0 Å². The number of Topliss-reactive ketones (excluding diaryl/α,β-unsaturated/α-hetero) is 1. The van der Waals surface area contributed by atoms with Crippen LogP contribution in [0.2, 0.25) is 0 Å². The SMILES string of the molecule is CC(=O)c1ccccc1C(=O)N(C(C)C)C(C)C. The normalized spacial score (nSPS) is 10.8. The molecule has 0 unspecified atom stereocenters. The highest BCUT2D eigenvalue weighted by Gasteiger charge is 2.24. The lowest BCUT2D eigenvalue weighted by atomic mass is 10.0. The molecule has 3 nitrogen and oxygen atoms in total. The van der Waals surface area contributed by atoms with E-state index in [-0.39, 0.29) is 23.8 Å². The van der Waals surface area contributed by atoms with E-state index in [1.54, 1.807) is 29.2 Å².